The van der Waals surface area contributed by atoms with Crippen LogP contribution in [0.5, 0.6) is 0 Å². The Morgan fingerprint density at radius 3 is 2.75 bits per heavy atom. The second kappa shape index (κ2) is 6.74. The van der Waals surface area contributed by atoms with E-state index < -0.39 is 0 Å². The average Bonchev–Trinajstić information content (AvgIpc) is 2.28. The van der Waals surface area contributed by atoms with Crippen molar-refractivity contribution in [3.05, 3.63) is 33.8 Å². The van der Waals surface area contributed by atoms with Crippen LogP contribution in [-0.2, 0) is 4.74 Å². The van der Waals surface area contributed by atoms with Gasteiger partial charge in [0.05, 0.1) is 10.0 Å². The maximum absolute atomic E-state index is 11.6. The third kappa shape index (κ3) is 4.00. The molecule has 0 saturated heterocycles. The van der Waals surface area contributed by atoms with Crippen molar-refractivity contribution in [3.8, 4) is 0 Å². The van der Waals surface area contributed by atoms with E-state index in [9.17, 15) is 4.79 Å². The van der Waals surface area contributed by atoms with Crippen LogP contribution in [0.3, 0.4) is 0 Å². The molecule has 1 amide bonds. The van der Waals surface area contributed by atoms with Gasteiger partial charge in [0.25, 0.3) is 5.91 Å². The summed E-state index contributed by atoms with van der Waals surface area (Å²) in [5.74, 6) is -0.158. The second-order valence-corrected chi connectivity index (χ2v) is 4.05. The molecule has 0 aliphatic rings. The second-order valence-electron chi connectivity index (χ2n) is 3.23. The highest BCUT2D eigenvalue weighted by Crippen LogP contribution is 2.22. The van der Waals surface area contributed by atoms with Crippen LogP contribution in [0.1, 0.15) is 16.8 Å². The molecule has 1 aromatic rings. The Balaban J connectivity index is 2.50. The topological polar surface area (TPSA) is 38.3 Å². The summed E-state index contributed by atoms with van der Waals surface area (Å²) in [4.78, 5) is 11.6. The Morgan fingerprint density at radius 1 is 1.38 bits per heavy atom. The average molecular weight is 262 g/mol. The number of carbonyl (C=O) groups is 1. The fraction of sp³-hybridized carbons (Fsp3) is 0.364. The lowest BCUT2D eigenvalue weighted by Crippen LogP contribution is -2.25. The molecule has 0 aliphatic heterocycles. The summed E-state index contributed by atoms with van der Waals surface area (Å²) < 4.78 is 4.87. The lowest BCUT2D eigenvalue weighted by Gasteiger charge is -2.05. The smallest absolute Gasteiger partial charge is 0.251 e. The molecule has 0 aliphatic carbocycles. The minimum absolute atomic E-state index is 0.158. The summed E-state index contributed by atoms with van der Waals surface area (Å²) in [6, 6.07) is 4.80. The molecule has 0 aromatic heterocycles. The van der Waals surface area contributed by atoms with Gasteiger partial charge in [0, 0.05) is 25.8 Å². The molecule has 3 nitrogen and oxygen atoms in total. The minimum atomic E-state index is -0.158. The number of hydrogen-bond acceptors (Lipinski definition) is 2. The van der Waals surface area contributed by atoms with Gasteiger partial charge in [0.1, 0.15) is 0 Å². The van der Waals surface area contributed by atoms with Crippen molar-refractivity contribution < 1.29 is 9.53 Å². The molecular weight excluding hydrogens is 249 g/mol. The quantitative estimate of drug-likeness (QED) is 0.828. The van der Waals surface area contributed by atoms with Crippen LogP contribution in [0.15, 0.2) is 18.2 Å². The number of rotatable bonds is 5. The Hall–Kier alpha value is -0.770. The fourth-order valence-corrected chi connectivity index (χ4v) is 1.46. The van der Waals surface area contributed by atoms with Gasteiger partial charge in [0.15, 0.2) is 0 Å². The van der Waals surface area contributed by atoms with Gasteiger partial charge in [-0.05, 0) is 24.6 Å². The van der Waals surface area contributed by atoms with Gasteiger partial charge in [-0.25, -0.2) is 0 Å². The van der Waals surface area contributed by atoms with E-state index in [4.69, 9.17) is 27.9 Å². The van der Waals surface area contributed by atoms with Crippen LogP contribution in [0.25, 0.3) is 0 Å². The van der Waals surface area contributed by atoms with E-state index in [2.05, 4.69) is 5.32 Å². The predicted molar refractivity (Wildman–Crippen MR) is 65.3 cm³/mol. The van der Waals surface area contributed by atoms with Crippen molar-refractivity contribution in [1.82, 2.24) is 5.32 Å². The molecule has 0 fully saturated rings. The Labute approximate surface area is 105 Å². The van der Waals surface area contributed by atoms with Crippen LogP contribution in [0.4, 0.5) is 0 Å². The van der Waals surface area contributed by atoms with Gasteiger partial charge < -0.3 is 10.1 Å². The van der Waals surface area contributed by atoms with Crippen LogP contribution in [-0.4, -0.2) is 26.2 Å². The molecule has 5 heteroatoms. The lowest BCUT2D eigenvalue weighted by atomic mass is 10.2. The molecule has 1 N–H and O–H groups in total. The maximum Gasteiger partial charge on any atom is 0.251 e. The molecule has 1 aromatic carbocycles. The van der Waals surface area contributed by atoms with E-state index in [1.807, 2.05) is 0 Å². The van der Waals surface area contributed by atoms with Crippen LogP contribution < -0.4 is 5.32 Å². The SMILES string of the molecule is COCCCNC(=O)c1ccc(Cl)c(Cl)c1. The summed E-state index contributed by atoms with van der Waals surface area (Å²) in [5.41, 5.74) is 0.506. The van der Waals surface area contributed by atoms with Gasteiger partial charge in [-0.1, -0.05) is 23.2 Å². The number of carbonyl (C=O) groups excluding carboxylic acids is 1. The normalized spacial score (nSPS) is 10.2. The first-order chi connectivity index (χ1) is 7.65. The third-order valence-corrected chi connectivity index (χ3v) is 2.73. The summed E-state index contributed by atoms with van der Waals surface area (Å²) in [6.45, 7) is 1.20. The zero-order valence-corrected chi connectivity index (χ0v) is 10.4. The van der Waals surface area contributed by atoms with Crippen molar-refractivity contribution in [2.75, 3.05) is 20.3 Å². The van der Waals surface area contributed by atoms with E-state index in [0.717, 1.165) is 6.42 Å². The molecule has 0 radical (unpaired) electrons. The van der Waals surface area contributed by atoms with Crippen molar-refractivity contribution in [2.45, 2.75) is 6.42 Å². The molecule has 0 spiro atoms. The third-order valence-electron chi connectivity index (χ3n) is 1.99. The lowest BCUT2D eigenvalue weighted by molar-refractivity contribution is 0.0948. The Morgan fingerprint density at radius 2 is 2.12 bits per heavy atom. The van der Waals surface area contributed by atoms with Crippen molar-refractivity contribution >= 4 is 29.1 Å². The molecular formula is C11H13Cl2NO2. The van der Waals surface area contributed by atoms with E-state index in [1.54, 1.807) is 25.3 Å². The number of amides is 1. The minimum Gasteiger partial charge on any atom is -0.385 e. The number of hydrogen-bond donors (Lipinski definition) is 1. The number of benzene rings is 1. The highest BCUT2D eigenvalue weighted by Gasteiger charge is 2.06. The van der Waals surface area contributed by atoms with Crippen molar-refractivity contribution in [1.29, 1.82) is 0 Å². The zero-order valence-electron chi connectivity index (χ0n) is 8.93. The molecule has 88 valence electrons. The fourth-order valence-electron chi connectivity index (χ4n) is 1.16. The monoisotopic (exact) mass is 261 g/mol. The highest BCUT2D eigenvalue weighted by molar-refractivity contribution is 6.42. The molecule has 0 bridgehead atoms. The largest absolute Gasteiger partial charge is 0.385 e. The van der Waals surface area contributed by atoms with Crippen LogP contribution in [0.2, 0.25) is 10.0 Å². The standard InChI is InChI=1S/C11H13Cl2NO2/c1-16-6-2-5-14-11(15)8-3-4-9(12)10(13)7-8/h3-4,7H,2,5-6H2,1H3,(H,14,15). The van der Waals surface area contributed by atoms with Gasteiger partial charge >= 0.3 is 0 Å². The van der Waals surface area contributed by atoms with E-state index in [0.29, 0.717) is 28.8 Å². The Kier molecular flexibility index (Phi) is 5.60. The van der Waals surface area contributed by atoms with E-state index in [-0.39, 0.29) is 5.91 Å². The summed E-state index contributed by atoms with van der Waals surface area (Å²) in [7, 11) is 1.63. The summed E-state index contributed by atoms with van der Waals surface area (Å²) in [6.07, 6.45) is 0.781. The van der Waals surface area contributed by atoms with E-state index in [1.165, 1.54) is 0 Å². The summed E-state index contributed by atoms with van der Waals surface area (Å²) >= 11 is 11.6. The Bertz CT molecular complexity index is 369. The molecule has 16 heavy (non-hydrogen) atoms. The number of nitrogens with one attached hydrogen (secondary N) is 1. The molecule has 0 saturated carbocycles. The number of ether oxygens (including phenoxy) is 1. The molecule has 1 rings (SSSR count). The number of methoxy groups -OCH3 is 1. The molecule has 0 unspecified atom stereocenters. The summed E-state index contributed by atoms with van der Waals surface area (Å²) in [5, 5.41) is 3.58. The first kappa shape index (κ1) is 13.3. The van der Waals surface area contributed by atoms with Crippen molar-refractivity contribution in [3.63, 3.8) is 0 Å². The molecule has 0 heterocycles. The molecule has 0 atom stereocenters. The van der Waals surface area contributed by atoms with Crippen LogP contribution >= 0.6 is 23.2 Å². The maximum atomic E-state index is 11.6. The first-order valence-electron chi connectivity index (χ1n) is 4.87. The number of halogens is 2. The van der Waals surface area contributed by atoms with Gasteiger partial charge in [-0.15, -0.1) is 0 Å². The van der Waals surface area contributed by atoms with Gasteiger partial charge in [-0.3, -0.25) is 4.79 Å². The zero-order chi connectivity index (χ0) is 12.0. The van der Waals surface area contributed by atoms with E-state index >= 15 is 0 Å². The van der Waals surface area contributed by atoms with Crippen molar-refractivity contribution in [2.24, 2.45) is 0 Å². The van der Waals surface area contributed by atoms with Crippen LogP contribution in [0, 0.1) is 0 Å². The highest BCUT2D eigenvalue weighted by atomic mass is 35.5. The van der Waals surface area contributed by atoms with Gasteiger partial charge in [0.2, 0.25) is 0 Å². The predicted octanol–water partition coefficient (Wildman–Crippen LogP) is 2.76. The first-order valence-corrected chi connectivity index (χ1v) is 5.63. The van der Waals surface area contributed by atoms with Gasteiger partial charge in [-0.2, -0.15) is 0 Å².